The van der Waals surface area contributed by atoms with E-state index < -0.39 is 0 Å². The van der Waals surface area contributed by atoms with E-state index in [0.29, 0.717) is 5.41 Å². The molecule has 0 nitrogen and oxygen atoms in total. The van der Waals surface area contributed by atoms with E-state index in [4.69, 9.17) is 0 Å². The quantitative estimate of drug-likeness (QED) is 0.203. The molecule has 0 rings (SSSR count). The summed E-state index contributed by atoms with van der Waals surface area (Å²) in [7, 11) is 0. The molecule has 0 aliphatic carbocycles. The van der Waals surface area contributed by atoms with Crippen molar-refractivity contribution >= 4 is 0 Å². The lowest BCUT2D eigenvalue weighted by Gasteiger charge is -2.42. The van der Waals surface area contributed by atoms with Gasteiger partial charge in [-0.1, -0.05) is 118 Å². The molecule has 152 valence electrons. The zero-order valence-electron chi connectivity index (χ0n) is 18.8. The lowest BCUT2D eigenvalue weighted by Crippen LogP contribution is -2.31. The number of hydrogen-bond acceptors (Lipinski definition) is 0. The number of unbranched alkanes of at least 4 members (excludes halogenated alkanes) is 8. The van der Waals surface area contributed by atoms with Crippen LogP contribution in [0.5, 0.6) is 0 Å². The fourth-order valence-corrected chi connectivity index (χ4v) is 4.78. The lowest BCUT2D eigenvalue weighted by molar-refractivity contribution is 0.0839. The van der Waals surface area contributed by atoms with Crippen molar-refractivity contribution in [2.45, 2.75) is 150 Å². The highest BCUT2D eigenvalue weighted by Gasteiger charge is 2.36. The van der Waals surface area contributed by atoms with E-state index in [1.165, 1.54) is 116 Å². The largest absolute Gasteiger partial charge is 0.0654 e. The van der Waals surface area contributed by atoms with E-state index in [1.807, 2.05) is 0 Å². The van der Waals surface area contributed by atoms with Gasteiger partial charge in [-0.2, -0.15) is 0 Å². The molecule has 0 radical (unpaired) electrons. The van der Waals surface area contributed by atoms with E-state index in [0.717, 1.165) is 5.92 Å². The molecule has 0 saturated heterocycles. The van der Waals surface area contributed by atoms with Crippen molar-refractivity contribution < 1.29 is 0 Å². The maximum absolute atomic E-state index is 2.39. The first-order valence-corrected chi connectivity index (χ1v) is 12.2. The summed E-state index contributed by atoms with van der Waals surface area (Å²) in [6, 6.07) is 0. The molecule has 0 N–H and O–H groups in total. The molecule has 0 amide bonds. The second-order valence-electron chi connectivity index (χ2n) is 8.72. The summed E-state index contributed by atoms with van der Waals surface area (Å²) in [6.45, 7) is 11.9. The van der Waals surface area contributed by atoms with E-state index in [2.05, 4.69) is 34.6 Å². The SMILES string of the molecule is CCCCCCCC(CCCC)C(CCCC)(CCCC)CCCC. The fourth-order valence-electron chi connectivity index (χ4n) is 4.78. The van der Waals surface area contributed by atoms with Gasteiger partial charge in [0.2, 0.25) is 0 Å². The van der Waals surface area contributed by atoms with Gasteiger partial charge in [-0.3, -0.25) is 0 Å². The molecule has 0 aromatic rings. The topological polar surface area (TPSA) is 0 Å². The second kappa shape index (κ2) is 17.4. The number of rotatable bonds is 19. The third-order valence-corrected chi connectivity index (χ3v) is 6.51. The summed E-state index contributed by atoms with van der Waals surface area (Å²) in [5, 5.41) is 0. The lowest BCUT2D eigenvalue weighted by atomic mass is 9.63. The fraction of sp³-hybridized carbons (Fsp3) is 1.00. The van der Waals surface area contributed by atoms with Crippen LogP contribution in [0.25, 0.3) is 0 Å². The molecule has 1 unspecified atom stereocenters. The summed E-state index contributed by atoms with van der Waals surface area (Å²) in [5.74, 6) is 0.999. The van der Waals surface area contributed by atoms with Gasteiger partial charge in [0.05, 0.1) is 0 Å². The van der Waals surface area contributed by atoms with Crippen LogP contribution in [0.4, 0.5) is 0 Å². The highest BCUT2D eigenvalue weighted by atomic mass is 14.4. The Labute approximate surface area is 161 Å². The average molecular weight is 353 g/mol. The van der Waals surface area contributed by atoms with Gasteiger partial charge in [-0.25, -0.2) is 0 Å². The zero-order valence-corrected chi connectivity index (χ0v) is 18.8. The van der Waals surface area contributed by atoms with Gasteiger partial charge in [-0.15, -0.1) is 0 Å². The molecule has 0 aromatic heterocycles. The van der Waals surface area contributed by atoms with Crippen molar-refractivity contribution in [2.24, 2.45) is 11.3 Å². The Morgan fingerprint density at radius 2 is 0.840 bits per heavy atom. The third kappa shape index (κ3) is 11.3. The predicted octanol–water partition coefficient (Wildman–Crippen LogP) is 9.71. The third-order valence-electron chi connectivity index (χ3n) is 6.51. The van der Waals surface area contributed by atoms with Crippen LogP contribution >= 0.6 is 0 Å². The molecule has 0 heterocycles. The minimum atomic E-state index is 0.669. The highest BCUT2D eigenvalue weighted by Crippen LogP contribution is 2.47. The van der Waals surface area contributed by atoms with Gasteiger partial charge in [-0.05, 0) is 43.4 Å². The van der Waals surface area contributed by atoms with Crippen molar-refractivity contribution in [3.63, 3.8) is 0 Å². The molecular formula is C25H52. The molecule has 0 bridgehead atoms. The molecule has 0 aromatic carbocycles. The second-order valence-corrected chi connectivity index (χ2v) is 8.72. The van der Waals surface area contributed by atoms with Gasteiger partial charge in [0.15, 0.2) is 0 Å². The van der Waals surface area contributed by atoms with E-state index in [-0.39, 0.29) is 0 Å². The molecule has 0 aliphatic heterocycles. The average Bonchev–Trinajstić information content (AvgIpc) is 2.64. The molecule has 0 heteroatoms. The normalized spacial score (nSPS) is 13.3. The minimum absolute atomic E-state index is 0.669. The molecule has 0 spiro atoms. The monoisotopic (exact) mass is 352 g/mol. The molecular weight excluding hydrogens is 300 g/mol. The molecule has 1 atom stereocenters. The van der Waals surface area contributed by atoms with Crippen LogP contribution in [0, 0.1) is 11.3 Å². The first-order valence-electron chi connectivity index (χ1n) is 12.2. The van der Waals surface area contributed by atoms with Crippen molar-refractivity contribution in [1.29, 1.82) is 0 Å². The molecule has 25 heavy (non-hydrogen) atoms. The van der Waals surface area contributed by atoms with Crippen LogP contribution in [-0.2, 0) is 0 Å². The minimum Gasteiger partial charge on any atom is -0.0654 e. The van der Waals surface area contributed by atoms with E-state index >= 15 is 0 Å². The van der Waals surface area contributed by atoms with Crippen LogP contribution in [0.2, 0.25) is 0 Å². The van der Waals surface area contributed by atoms with E-state index in [1.54, 1.807) is 0 Å². The summed E-state index contributed by atoms with van der Waals surface area (Å²) >= 11 is 0. The maximum atomic E-state index is 2.39. The van der Waals surface area contributed by atoms with Crippen LogP contribution < -0.4 is 0 Å². The first kappa shape index (κ1) is 25.0. The van der Waals surface area contributed by atoms with Gasteiger partial charge in [0.1, 0.15) is 0 Å². The van der Waals surface area contributed by atoms with Crippen molar-refractivity contribution in [3.8, 4) is 0 Å². The number of hydrogen-bond donors (Lipinski definition) is 0. The Hall–Kier alpha value is 0. The maximum Gasteiger partial charge on any atom is -0.0269 e. The predicted molar refractivity (Wildman–Crippen MR) is 117 cm³/mol. The van der Waals surface area contributed by atoms with Gasteiger partial charge < -0.3 is 0 Å². The van der Waals surface area contributed by atoms with Crippen LogP contribution in [-0.4, -0.2) is 0 Å². The molecule has 0 aliphatic rings. The van der Waals surface area contributed by atoms with Gasteiger partial charge in [0.25, 0.3) is 0 Å². The Kier molecular flexibility index (Phi) is 17.4. The summed E-state index contributed by atoms with van der Waals surface area (Å²) in [6.07, 6.45) is 26.1. The Balaban J connectivity index is 5.05. The summed E-state index contributed by atoms with van der Waals surface area (Å²) in [5.41, 5.74) is 0.669. The standard InChI is InChI=1S/C25H52/c1-6-11-16-17-18-20-24(19-12-7-2)25(21-13-8-3,22-14-9-4)23-15-10-5/h24H,6-23H2,1-5H3. The smallest absolute Gasteiger partial charge is 0.0269 e. The van der Waals surface area contributed by atoms with Crippen LogP contribution in [0.15, 0.2) is 0 Å². The van der Waals surface area contributed by atoms with E-state index in [9.17, 15) is 0 Å². The Bertz CT molecular complexity index is 233. The molecule has 0 saturated carbocycles. The molecule has 0 fully saturated rings. The first-order chi connectivity index (χ1) is 12.2. The van der Waals surface area contributed by atoms with Gasteiger partial charge >= 0.3 is 0 Å². The zero-order chi connectivity index (χ0) is 18.8. The van der Waals surface area contributed by atoms with Crippen molar-refractivity contribution in [3.05, 3.63) is 0 Å². The summed E-state index contributed by atoms with van der Waals surface area (Å²) < 4.78 is 0. The van der Waals surface area contributed by atoms with Gasteiger partial charge in [0, 0.05) is 0 Å². The van der Waals surface area contributed by atoms with Crippen LogP contribution in [0.1, 0.15) is 150 Å². The Morgan fingerprint density at radius 1 is 0.440 bits per heavy atom. The highest BCUT2D eigenvalue weighted by molar-refractivity contribution is 4.87. The van der Waals surface area contributed by atoms with Crippen molar-refractivity contribution in [2.75, 3.05) is 0 Å². The van der Waals surface area contributed by atoms with Crippen molar-refractivity contribution in [1.82, 2.24) is 0 Å². The van der Waals surface area contributed by atoms with Crippen LogP contribution in [0.3, 0.4) is 0 Å². The summed E-state index contributed by atoms with van der Waals surface area (Å²) in [4.78, 5) is 0. The Morgan fingerprint density at radius 3 is 1.28 bits per heavy atom.